The predicted molar refractivity (Wildman–Crippen MR) is 92.9 cm³/mol. The van der Waals surface area contributed by atoms with E-state index in [1.54, 1.807) is 12.1 Å². The Morgan fingerprint density at radius 2 is 1.87 bits per heavy atom. The zero-order chi connectivity index (χ0) is 15.9. The number of non-ortho nitro benzene ring substituents is 1. The largest absolute Gasteiger partial charge is 0.387 e. The highest BCUT2D eigenvalue weighted by atomic mass is 35.5. The van der Waals surface area contributed by atoms with Crippen LogP contribution in [0.1, 0.15) is 17.2 Å². The number of aliphatic hydroxyl groups excluding tert-OH is 1. The van der Waals surface area contributed by atoms with Crippen molar-refractivity contribution in [2.45, 2.75) is 12.5 Å². The number of rotatable bonds is 7. The van der Waals surface area contributed by atoms with E-state index in [1.165, 1.54) is 17.7 Å². The van der Waals surface area contributed by atoms with Gasteiger partial charge in [-0.05, 0) is 24.6 Å². The van der Waals surface area contributed by atoms with Crippen LogP contribution in [0.4, 0.5) is 5.69 Å². The summed E-state index contributed by atoms with van der Waals surface area (Å²) < 4.78 is 0. The topological polar surface area (TPSA) is 66.6 Å². The lowest BCUT2D eigenvalue weighted by atomic mass is 10.1. The Kier molecular flexibility index (Phi) is 7.68. The Morgan fingerprint density at radius 3 is 2.52 bits per heavy atom. The molecular formula is C17H21ClN2O3. The predicted octanol–water partition coefficient (Wildman–Crippen LogP) is 3.22. The molecule has 5 nitrogen and oxygen atoms in total. The van der Waals surface area contributed by atoms with Crippen LogP contribution in [0.5, 0.6) is 0 Å². The van der Waals surface area contributed by atoms with Crippen LogP contribution in [0.2, 0.25) is 0 Å². The molecule has 0 saturated heterocycles. The van der Waals surface area contributed by atoms with Gasteiger partial charge in [-0.1, -0.05) is 42.5 Å². The molecular weight excluding hydrogens is 316 g/mol. The van der Waals surface area contributed by atoms with Gasteiger partial charge in [-0.2, -0.15) is 0 Å². The summed E-state index contributed by atoms with van der Waals surface area (Å²) in [6.45, 7) is 1.25. The molecule has 0 aliphatic carbocycles. The maximum absolute atomic E-state index is 10.8. The minimum Gasteiger partial charge on any atom is -0.387 e. The standard InChI is InChI=1S/C17H20N2O3.ClH/c1-18(11-10-14-6-3-2-4-7-14)13-17(20)15-8-5-9-16(12-15)19(21)22;/h2-9,12,17,20H,10-11,13H2,1H3;1H. The van der Waals surface area contributed by atoms with Gasteiger partial charge < -0.3 is 10.0 Å². The molecule has 2 rings (SSSR count). The molecule has 1 atom stereocenters. The second-order valence-electron chi connectivity index (χ2n) is 5.37. The lowest BCUT2D eigenvalue weighted by Gasteiger charge is -2.20. The molecule has 0 spiro atoms. The fourth-order valence-corrected chi connectivity index (χ4v) is 2.30. The number of nitro groups is 1. The van der Waals surface area contributed by atoms with Gasteiger partial charge in [0.1, 0.15) is 0 Å². The smallest absolute Gasteiger partial charge is 0.269 e. The summed E-state index contributed by atoms with van der Waals surface area (Å²) in [5.41, 5.74) is 1.82. The number of hydrogen-bond acceptors (Lipinski definition) is 4. The van der Waals surface area contributed by atoms with Gasteiger partial charge in [-0.3, -0.25) is 10.1 Å². The van der Waals surface area contributed by atoms with Crippen LogP contribution in [0.25, 0.3) is 0 Å². The van der Waals surface area contributed by atoms with Crippen LogP contribution in [-0.2, 0) is 6.42 Å². The van der Waals surface area contributed by atoms with Gasteiger partial charge in [0.25, 0.3) is 5.69 Å². The molecule has 2 aromatic carbocycles. The highest BCUT2D eigenvalue weighted by Gasteiger charge is 2.14. The molecule has 0 aromatic heterocycles. The Morgan fingerprint density at radius 1 is 1.17 bits per heavy atom. The van der Waals surface area contributed by atoms with Gasteiger partial charge in [0.2, 0.25) is 0 Å². The first kappa shape index (κ1) is 19.1. The second-order valence-corrected chi connectivity index (χ2v) is 5.37. The SMILES string of the molecule is CN(CCc1ccccc1)CC(O)c1cccc([N+](=O)[O-])c1.Cl. The van der Waals surface area contributed by atoms with Gasteiger partial charge in [0.05, 0.1) is 11.0 Å². The molecule has 0 amide bonds. The molecule has 6 heteroatoms. The third-order valence-corrected chi connectivity index (χ3v) is 3.58. The van der Waals surface area contributed by atoms with Gasteiger partial charge >= 0.3 is 0 Å². The van der Waals surface area contributed by atoms with E-state index in [0.717, 1.165) is 13.0 Å². The molecule has 1 unspecified atom stereocenters. The van der Waals surface area contributed by atoms with Crippen molar-refractivity contribution in [3.63, 3.8) is 0 Å². The summed E-state index contributed by atoms with van der Waals surface area (Å²) in [4.78, 5) is 12.3. The molecule has 2 aromatic rings. The minimum absolute atomic E-state index is 0. The van der Waals surface area contributed by atoms with Crippen LogP contribution in [0.15, 0.2) is 54.6 Å². The van der Waals surface area contributed by atoms with Gasteiger partial charge in [0.15, 0.2) is 0 Å². The normalized spacial score (nSPS) is 11.8. The second kappa shape index (κ2) is 9.25. The van der Waals surface area contributed by atoms with E-state index >= 15 is 0 Å². The van der Waals surface area contributed by atoms with Crippen molar-refractivity contribution in [1.29, 1.82) is 0 Å². The van der Waals surface area contributed by atoms with Crippen LogP contribution in [0, 0.1) is 10.1 Å². The molecule has 0 radical (unpaired) electrons. The van der Waals surface area contributed by atoms with E-state index in [1.807, 2.05) is 30.1 Å². The number of likely N-dealkylation sites (N-methyl/N-ethyl adjacent to an activating group) is 1. The van der Waals surface area contributed by atoms with E-state index in [9.17, 15) is 15.2 Å². The molecule has 0 bridgehead atoms. The van der Waals surface area contributed by atoms with Crippen molar-refractivity contribution in [1.82, 2.24) is 4.90 Å². The van der Waals surface area contributed by atoms with E-state index in [0.29, 0.717) is 12.1 Å². The summed E-state index contributed by atoms with van der Waals surface area (Å²) >= 11 is 0. The Hall–Kier alpha value is -1.95. The van der Waals surface area contributed by atoms with Crippen LogP contribution >= 0.6 is 12.4 Å². The molecule has 1 N–H and O–H groups in total. The minimum atomic E-state index is -0.735. The van der Waals surface area contributed by atoms with Gasteiger partial charge in [-0.25, -0.2) is 0 Å². The quantitative estimate of drug-likeness (QED) is 0.622. The third kappa shape index (κ3) is 5.98. The van der Waals surface area contributed by atoms with E-state index in [2.05, 4.69) is 12.1 Å². The van der Waals surface area contributed by atoms with Crippen molar-refractivity contribution >= 4 is 18.1 Å². The van der Waals surface area contributed by atoms with E-state index < -0.39 is 11.0 Å². The molecule has 0 fully saturated rings. The number of benzene rings is 2. The first-order valence-corrected chi connectivity index (χ1v) is 7.21. The molecule has 0 saturated carbocycles. The number of nitro benzene ring substituents is 1. The summed E-state index contributed by atoms with van der Waals surface area (Å²) in [6.07, 6.45) is 0.166. The van der Waals surface area contributed by atoms with Crippen molar-refractivity contribution in [2.24, 2.45) is 0 Å². The average Bonchev–Trinajstić information content (AvgIpc) is 2.54. The van der Waals surface area contributed by atoms with Gasteiger partial charge in [0, 0.05) is 25.2 Å². The number of hydrogen-bond donors (Lipinski definition) is 1. The van der Waals surface area contributed by atoms with Crippen LogP contribution in [0.3, 0.4) is 0 Å². The lowest BCUT2D eigenvalue weighted by molar-refractivity contribution is -0.385. The molecule has 0 aliphatic rings. The highest BCUT2D eigenvalue weighted by Crippen LogP contribution is 2.19. The van der Waals surface area contributed by atoms with E-state index in [4.69, 9.17) is 0 Å². The summed E-state index contributed by atoms with van der Waals surface area (Å²) in [5, 5.41) is 21.0. The third-order valence-electron chi connectivity index (χ3n) is 3.58. The highest BCUT2D eigenvalue weighted by molar-refractivity contribution is 5.85. The van der Waals surface area contributed by atoms with E-state index in [-0.39, 0.29) is 18.1 Å². The maximum atomic E-state index is 10.8. The van der Waals surface area contributed by atoms with Crippen molar-refractivity contribution in [3.8, 4) is 0 Å². The number of nitrogens with zero attached hydrogens (tertiary/aromatic N) is 2. The van der Waals surface area contributed by atoms with Crippen molar-refractivity contribution in [2.75, 3.05) is 20.1 Å². The Bertz CT molecular complexity index is 622. The van der Waals surface area contributed by atoms with Gasteiger partial charge in [-0.15, -0.1) is 12.4 Å². The molecule has 23 heavy (non-hydrogen) atoms. The summed E-state index contributed by atoms with van der Waals surface area (Å²) in [6, 6.07) is 16.3. The average molecular weight is 337 g/mol. The number of halogens is 1. The first-order valence-electron chi connectivity index (χ1n) is 7.21. The van der Waals surface area contributed by atoms with Crippen LogP contribution < -0.4 is 0 Å². The van der Waals surface area contributed by atoms with Crippen LogP contribution in [-0.4, -0.2) is 35.1 Å². The zero-order valence-electron chi connectivity index (χ0n) is 13.0. The van der Waals surface area contributed by atoms with Crippen molar-refractivity contribution in [3.05, 3.63) is 75.8 Å². The summed E-state index contributed by atoms with van der Waals surface area (Å²) in [5.74, 6) is 0. The van der Waals surface area contributed by atoms with Crippen molar-refractivity contribution < 1.29 is 10.0 Å². The lowest BCUT2D eigenvalue weighted by Crippen LogP contribution is -2.26. The molecule has 0 heterocycles. The Balaban J connectivity index is 0.00000264. The summed E-state index contributed by atoms with van der Waals surface area (Å²) in [7, 11) is 1.93. The maximum Gasteiger partial charge on any atom is 0.269 e. The molecule has 0 aliphatic heterocycles. The zero-order valence-corrected chi connectivity index (χ0v) is 13.8. The number of aliphatic hydroxyl groups is 1. The first-order chi connectivity index (χ1) is 10.6. The fourth-order valence-electron chi connectivity index (χ4n) is 2.30. The Labute approximate surface area is 142 Å². The monoisotopic (exact) mass is 336 g/mol. The fraction of sp³-hybridized carbons (Fsp3) is 0.294. The molecule has 124 valence electrons.